The maximum absolute atomic E-state index is 12.9. The van der Waals surface area contributed by atoms with Crippen molar-refractivity contribution in [2.24, 2.45) is 0 Å². The van der Waals surface area contributed by atoms with Crippen LogP contribution >= 0.6 is 22.6 Å². The van der Waals surface area contributed by atoms with Gasteiger partial charge in [-0.2, -0.15) is 0 Å². The standard InChI is InChI=1S/C10H10FIO2/c1-2-3-14-10-7(6-13)4-8(11)5-9(10)12/h4-6H,2-3H2,1H3. The molecule has 0 aliphatic heterocycles. The maximum Gasteiger partial charge on any atom is 0.153 e. The summed E-state index contributed by atoms with van der Waals surface area (Å²) in [5.74, 6) is 0.0594. The molecular formula is C10H10FIO2. The monoisotopic (exact) mass is 308 g/mol. The molecule has 2 nitrogen and oxygen atoms in total. The van der Waals surface area contributed by atoms with Crippen LogP contribution in [0.25, 0.3) is 0 Å². The number of carbonyl (C=O) groups is 1. The maximum atomic E-state index is 12.9. The van der Waals surface area contributed by atoms with Crippen molar-refractivity contribution in [2.45, 2.75) is 13.3 Å². The number of ether oxygens (including phenoxy) is 1. The second-order valence-electron chi connectivity index (χ2n) is 2.77. The molecule has 0 fully saturated rings. The summed E-state index contributed by atoms with van der Waals surface area (Å²) in [6, 6.07) is 2.53. The highest BCUT2D eigenvalue weighted by Crippen LogP contribution is 2.26. The number of carbonyl (C=O) groups excluding carboxylic acids is 1. The van der Waals surface area contributed by atoms with E-state index in [9.17, 15) is 9.18 Å². The van der Waals surface area contributed by atoms with E-state index in [2.05, 4.69) is 0 Å². The minimum absolute atomic E-state index is 0.267. The van der Waals surface area contributed by atoms with Gasteiger partial charge in [0.2, 0.25) is 0 Å². The highest BCUT2D eigenvalue weighted by molar-refractivity contribution is 14.1. The van der Waals surface area contributed by atoms with Crippen molar-refractivity contribution in [2.75, 3.05) is 6.61 Å². The smallest absolute Gasteiger partial charge is 0.153 e. The van der Waals surface area contributed by atoms with Crippen LogP contribution in [0.5, 0.6) is 5.75 Å². The van der Waals surface area contributed by atoms with Crippen molar-refractivity contribution in [3.05, 3.63) is 27.1 Å². The van der Waals surface area contributed by atoms with Crippen LogP contribution in [0.2, 0.25) is 0 Å². The number of hydrogen-bond acceptors (Lipinski definition) is 2. The van der Waals surface area contributed by atoms with E-state index < -0.39 is 5.82 Å². The van der Waals surface area contributed by atoms with Crippen LogP contribution in [0.15, 0.2) is 12.1 Å². The summed E-state index contributed by atoms with van der Waals surface area (Å²) in [5, 5.41) is 0. The molecule has 1 aromatic rings. The molecular weight excluding hydrogens is 298 g/mol. The second-order valence-corrected chi connectivity index (χ2v) is 3.93. The van der Waals surface area contributed by atoms with Gasteiger partial charge in [0, 0.05) is 0 Å². The summed E-state index contributed by atoms with van der Waals surface area (Å²) in [4.78, 5) is 10.6. The molecule has 0 atom stereocenters. The van der Waals surface area contributed by atoms with E-state index in [-0.39, 0.29) is 5.56 Å². The average molecular weight is 308 g/mol. The molecule has 0 amide bonds. The molecule has 0 radical (unpaired) electrons. The lowest BCUT2D eigenvalue weighted by Crippen LogP contribution is -2.01. The number of halogens is 2. The van der Waals surface area contributed by atoms with Crippen LogP contribution in [0.3, 0.4) is 0 Å². The van der Waals surface area contributed by atoms with Crippen molar-refractivity contribution >= 4 is 28.9 Å². The fourth-order valence-electron chi connectivity index (χ4n) is 1.02. The van der Waals surface area contributed by atoms with Gasteiger partial charge in [-0.3, -0.25) is 4.79 Å². The zero-order valence-corrected chi connectivity index (χ0v) is 9.88. The Morgan fingerprint density at radius 2 is 2.29 bits per heavy atom. The number of rotatable bonds is 4. The van der Waals surface area contributed by atoms with Gasteiger partial charge in [0.1, 0.15) is 11.6 Å². The molecule has 1 rings (SSSR count). The molecule has 0 bridgehead atoms. The Hall–Kier alpha value is -0.650. The van der Waals surface area contributed by atoms with Crippen LogP contribution in [-0.2, 0) is 0 Å². The molecule has 1 aromatic carbocycles. The van der Waals surface area contributed by atoms with E-state index in [0.29, 0.717) is 22.2 Å². The fraction of sp³-hybridized carbons (Fsp3) is 0.300. The van der Waals surface area contributed by atoms with Crippen LogP contribution in [0.1, 0.15) is 23.7 Å². The Bertz CT molecular complexity index is 339. The number of aldehydes is 1. The molecule has 76 valence electrons. The van der Waals surface area contributed by atoms with Gasteiger partial charge in [-0.25, -0.2) is 4.39 Å². The van der Waals surface area contributed by atoms with Crippen molar-refractivity contribution in [3.8, 4) is 5.75 Å². The Balaban J connectivity index is 3.05. The first-order chi connectivity index (χ1) is 6.69. The summed E-state index contributed by atoms with van der Waals surface area (Å²) < 4.78 is 18.9. The van der Waals surface area contributed by atoms with E-state index in [1.165, 1.54) is 12.1 Å². The van der Waals surface area contributed by atoms with Gasteiger partial charge in [-0.05, 0) is 41.1 Å². The predicted octanol–water partition coefficient (Wildman–Crippen LogP) is 3.03. The molecule has 0 saturated heterocycles. The quantitative estimate of drug-likeness (QED) is 0.631. The molecule has 0 heterocycles. The van der Waals surface area contributed by atoms with E-state index in [0.717, 1.165) is 6.42 Å². The van der Waals surface area contributed by atoms with E-state index >= 15 is 0 Å². The minimum Gasteiger partial charge on any atom is -0.492 e. The molecule has 0 aliphatic rings. The first-order valence-electron chi connectivity index (χ1n) is 4.26. The van der Waals surface area contributed by atoms with Crippen molar-refractivity contribution < 1.29 is 13.9 Å². The van der Waals surface area contributed by atoms with Gasteiger partial charge in [-0.1, -0.05) is 6.92 Å². The molecule has 4 heteroatoms. The summed E-state index contributed by atoms with van der Waals surface area (Å²) in [6.07, 6.45) is 1.46. The van der Waals surface area contributed by atoms with Gasteiger partial charge in [-0.15, -0.1) is 0 Å². The Morgan fingerprint density at radius 3 is 2.86 bits per heavy atom. The number of benzene rings is 1. The molecule has 14 heavy (non-hydrogen) atoms. The lowest BCUT2D eigenvalue weighted by atomic mass is 10.2. The predicted molar refractivity (Wildman–Crippen MR) is 60.3 cm³/mol. The molecule has 0 saturated carbocycles. The van der Waals surface area contributed by atoms with Gasteiger partial charge in [0.15, 0.2) is 6.29 Å². The molecule has 0 aliphatic carbocycles. The van der Waals surface area contributed by atoms with Crippen LogP contribution < -0.4 is 4.74 Å². The summed E-state index contributed by atoms with van der Waals surface area (Å²) >= 11 is 1.95. The summed E-state index contributed by atoms with van der Waals surface area (Å²) in [7, 11) is 0. The van der Waals surface area contributed by atoms with Crippen molar-refractivity contribution in [3.63, 3.8) is 0 Å². The highest BCUT2D eigenvalue weighted by Gasteiger charge is 2.09. The number of hydrogen-bond donors (Lipinski definition) is 0. The average Bonchev–Trinajstić information content (AvgIpc) is 2.15. The van der Waals surface area contributed by atoms with E-state index in [1.807, 2.05) is 29.5 Å². The molecule has 0 spiro atoms. The third-order valence-corrected chi connectivity index (χ3v) is 2.42. The van der Waals surface area contributed by atoms with Crippen LogP contribution in [-0.4, -0.2) is 12.9 Å². The molecule has 0 aromatic heterocycles. The lowest BCUT2D eigenvalue weighted by Gasteiger charge is -2.09. The van der Waals surface area contributed by atoms with Crippen molar-refractivity contribution in [1.29, 1.82) is 0 Å². The first-order valence-corrected chi connectivity index (χ1v) is 5.34. The van der Waals surface area contributed by atoms with Gasteiger partial charge >= 0.3 is 0 Å². The lowest BCUT2D eigenvalue weighted by molar-refractivity contribution is 0.111. The topological polar surface area (TPSA) is 26.3 Å². The normalized spacial score (nSPS) is 9.93. The summed E-state index contributed by atoms with van der Waals surface area (Å²) in [6.45, 7) is 2.50. The Kier molecular flexibility index (Phi) is 4.31. The first kappa shape index (κ1) is 11.4. The van der Waals surface area contributed by atoms with Crippen LogP contribution in [0.4, 0.5) is 4.39 Å². The van der Waals surface area contributed by atoms with Gasteiger partial charge in [0.25, 0.3) is 0 Å². The Morgan fingerprint density at radius 1 is 1.57 bits per heavy atom. The Labute approximate surface area is 95.6 Å². The highest BCUT2D eigenvalue weighted by atomic mass is 127. The zero-order chi connectivity index (χ0) is 10.6. The van der Waals surface area contributed by atoms with Gasteiger partial charge < -0.3 is 4.74 Å². The van der Waals surface area contributed by atoms with E-state index in [1.54, 1.807) is 0 Å². The van der Waals surface area contributed by atoms with Crippen LogP contribution in [0, 0.1) is 9.39 Å². The zero-order valence-electron chi connectivity index (χ0n) is 7.72. The second kappa shape index (κ2) is 5.29. The third kappa shape index (κ3) is 2.67. The largest absolute Gasteiger partial charge is 0.492 e. The summed E-state index contributed by atoms with van der Waals surface area (Å²) in [5.41, 5.74) is 0.267. The minimum atomic E-state index is -0.416. The molecule has 0 unspecified atom stereocenters. The van der Waals surface area contributed by atoms with E-state index in [4.69, 9.17) is 4.74 Å². The SMILES string of the molecule is CCCOc1c(I)cc(F)cc1C=O. The fourth-order valence-corrected chi connectivity index (χ4v) is 1.79. The van der Waals surface area contributed by atoms with Crippen molar-refractivity contribution in [1.82, 2.24) is 0 Å². The van der Waals surface area contributed by atoms with Gasteiger partial charge in [0.05, 0.1) is 15.7 Å². The molecule has 0 N–H and O–H groups in total. The third-order valence-electron chi connectivity index (χ3n) is 1.61.